The number of aromatic carboxylic acids is 1. The number of carboxylic acid groups (broad SMARTS) is 1. The van der Waals surface area contributed by atoms with Gasteiger partial charge in [-0.3, -0.25) is 0 Å². The highest BCUT2D eigenvalue weighted by molar-refractivity contribution is 5.95. The Morgan fingerprint density at radius 3 is 2.94 bits per heavy atom. The molecule has 1 aromatic carbocycles. The molecule has 0 radical (unpaired) electrons. The number of carbonyl (C=O) groups is 1. The molecule has 1 aliphatic carbocycles. The lowest BCUT2D eigenvalue weighted by Gasteiger charge is -2.12. The largest absolute Gasteiger partial charge is 0.478 e. The third-order valence-corrected chi connectivity index (χ3v) is 3.10. The quantitative estimate of drug-likeness (QED) is 0.729. The predicted molar refractivity (Wildman–Crippen MR) is 70.2 cm³/mol. The van der Waals surface area contributed by atoms with Gasteiger partial charge in [0, 0.05) is 13.2 Å². The van der Waals surface area contributed by atoms with E-state index < -0.39 is 5.97 Å². The maximum absolute atomic E-state index is 11.1. The molecular formula is C14H19NO3. The second-order valence-electron chi connectivity index (χ2n) is 4.75. The minimum absolute atomic E-state index is 0.317. The van der Waals surface area contributed by atoms with Gasteiger partial charge in [-0.15, -0.1) is 0 Å². The van der Waals surface area contributed by atoms with Crippen LogP contribution < -0.4 is 5.32 Å². The molecule has 1 aromatic rings. The van der Waals surface area contributed by atoms with Crippen molar-refractivity contribution in [1.29, 1.82) is 0 Å². The van der Waals surface area contributed by atoms with Crippen molar-refractivity contribution in [2.24, 2.45) is 5.92 Å². The topological polar surface area (TPSA) is 58.6 Å². The molecule has 98 valence electrons. The van der Waals surface area contributed by atoms with Crippen molar-refractivity contribution < 1.29 is 14.6 Å². The Labute approximate surface area is 107 Å². The van der Waals surface area contributed by atoms with E-state index in [2.05, 4.69) is 5.32 Å². The van der Waals surface area contributed by atoms with Gasteiger partial charge in [-0.2, -0.15) is 0 Å². The molecule has 1 saturated carbocycles. The number of nitrogens with one attached hydrogen (secondary N) is 1. The zero-order chi connectivity index (χ0) is 13.0. The van der Waals surface area contributed by atoms with Gasteiger partial charge in [-0.1, -0.05) is 12.1 Å². The summed E-state index contributed by atoms with van der Waals surface area (Å²) < 4.78 is 5.51. The van der Waals surface area contributed by atoms with Gasteiger partial charge >= 0.3 is 5.97 Å². The van der Waals surface area contributed by atoms with Crippen LogP contribution in [0.25, 0.3) is 0 Å². The molecule has 0 aliphatic heterocycles. The van der Waals surface area contributed by atoms with E-state index >= 15 is 0 Å². The highest BCUT2D eigenvalue weighted by atomic mass is 16.5. The molecule has 0 heterocycles. The van der Waals surface area contributed by atoms with Crippen LogP contribution in [0.15, 0.2) is 18.2 Å². The lowest BCUT2D eigenvalue weighted by atomic mass is 10.1. The van der Waals surface area contributed by atoms with E-state index in [4.69, 9.17) is 9.84 Å². The van der Waals surface area contributed by atoms with Gasteiger partial charge in [0.2, 0.25) is 0 Å². The SMILES string of the molecule is Cc1cccc(C(=O)O)c1NCCOCC1CC1. The van der Waals surface area contributed by atoms with Crippen LogP contribution in [0.3, 0.4) is 0 Å². The normalized spacial score (nSPS) is 14.5. The van der Waals surface area contributed by atoms with Crippen LogP contribution >= 0.6 is 0 Å². The van der Waals surface area contributed by atoms with Crippen molar-refractivity contribution in [2.75, 3.05) is 25.1 Å². The van der Waals surface area contributed by atoms with Crippen molar-refractivity contribution in [3.63, 3.8) is 0 Å². The zero-order valence-electron chi connectivity index (χ0n) is 10.6. The molecule has 1 fully saturated rings. The number of hydrogen-bond acceptors (Lipinski definition) is 3. The van der Waals surface area contributed by atoms with Gasteiger partial charge in [0.15, 0.2) is 0 Å². The van der Waals surface area contributed by atoms with E-state index in [-0.39, 0.29) is 0 Å². The average Bonchev–Trinajstić information content (AvgIpc) is 3.14. The average molecular weight is 249 g/mol. The van der Waals surface area contributed by atoms with Gasteiger partial charge in [-0.05, 0) is 37.3 Å². The zero-order valence-corrected chi connectivity index (χ0v) is 10.6. The van der Waals surface area contributed by atoms with Crippen LogP contribution in [0.2, 0.25) is 0 Å². The van der Waals surface area contributed by atoms with Crippen molar-refractivity contribution in [2.45, 2.75) is 19.8 Å². The number of rotatable bonds is 7. The first-order valence-electron chi connectivity index (χ1n) is 6.33. The summed E-state index contributed by atoms with van der Waals surface area (Å²) in [6.45, 7) is 3.99. The molecule has 4 heteroatoms. The molecule has 0 bridgehead atoms. The molecule has 18 heavy (non-hydrogen) atoms. The predicted octanol–water partition coefficient (Wildman–Crippen LogP) is 2.53. The number of ether oxygens (including phenoxy) is 1. The molecule has 0 amide bonds. The van der Waals surface area contributed by atoms with Crippen LogP contribution in [0.1, 0.15) is 28.8 Å². The lowest BCUT2D eigenvalue weighted by Crippen LogP contribution is -2.14. The molecule has 0 spiro atoms. The van der Waals surface area contributed by atoms with Crippen LogP contribution in [0.5, 0.6) is 0 Å². The van der Waals surface area contributed by atoms with Gasteiger partial charge < -0.3 is 15.2 Å². The van der Waals surface area contributed by atoms with Crippen LogP contribution in [0.4, 0.5) is 5.69 Å². The van der Waals surface area contributed by atoms with Crippen molar-refractivity contribution in [1.82, 2.24) is 0 Å². The molecule has 1 aliphatic rings. The van der Waals surface area contributed by atoms with Crippen molar-refractivity contribution in [3.05, 3.63) is 29.3 Å². The van der Waals surface area contributed by atoms with E-state index in [1.807, 2.05) is 13.0 Å². The number of hydrogen-bond donors (Lipinski definition) is 2. The minimum Gasteiger partial charge on any atom is -0.478 e. The summed E-state index contributed by atoms with van der Waals surface area (Å²) in [5.74, 6) is -0.141. The van der Waals surface area contributed by atoms with Crippen molar-refractivity contribution >= 4 is 11.7 Å². The van der Waals surface area contributed by atoms with E-state index in [0.717, 1.165) is 18.1 Å². The van der Waals surface area contributed by atoms with E-state index in [9.17, 15) is 4.79 Å². The first-order chi connectivity index (χ1) is 8.68. The first kappa shape index (κ1) is 12.9. The van der Waals surface area contributed by atoms with Gasteiger partial charge in [-0.25, -0.2) is 4.79 Å². The second kappa shape index (κ2) is 5.87. The van der Waals surface area contributed by atoms with Gasteiger partial charge in [0.25, 0.3) is 0 Å². The Morgan fingerprint density at radius 2 is 2.28 bits per heavy atom. The smallest absolute Gasteiger partial charge is 0.337 e. The summed E-state index contributed by atoms with van der Waals surface area (Å²) in [4.78, 5) is 11.1. The van der Waals surface area contributed by atoms with Crippen LogP contribution in [-0.2, 0) is 4.74 Å². The fraction of sp³-hybridized carbons (Fsp3) is 0.500. The van der Waals surface area contributed by atoms with E-state index in [0.29, 0.717) is 24.4 Å². The number of benzene rings is 1. The number of carboxylic acids is 1. The summed E-state index contributed by atoms with van der Waals surface area (Å²) in [5.41, 5.74) is 1.95. The fourth-order valence-electron chi connectivity index (χ4n) is 1.86. The Bertz CT molecular complexity index is 427. The molecule has 0 atom stereocenters. The molecular weight excluding hydrogens is 230 g/mol. The van der Waals surface area contributed by atoms with E-state index in [1.165, 1.54) is 12.8 Å². The minimum atomic E-state index is -0.903. The highest BCUT2D eigenvalue weighted by Gasteiger charge is 2.20. The number of para-hydroxylation sites is 1. The standard InChI is InChI=1S/C14H19NO3/c1-10-3-2-4-12(14(16)17)13(10)15-7-8-18-9-11-5-6-11/h2-4,11,15H,5-9H2,1H3,(H,16,17). The third-order valence-electron chi connectivity index (χ3n) is 3.10. The molecule has 2 rings (SSSR count). The summed E-state index contributed by atoms with van der Waals surface area (Å²) in [7, 11) is 0. The second-order valence-corrected chi connectivity index (χ2v) is 4.75. The van der Waals surface area contributed by atoms with Crippen LogP contribution in [-0.4, -0.2) is 30.8 Å². The maximum Gasteiger partial charge on any atom is 0.337 e. The Balaban J connectivity index is 1.84. The Hall–Kier alpha value is -1.55. The number of aryl methyl sites for hydroxylation is 1. The lowest BCUT2D eigenvalue weighted by molar-refractivity contribution is 0.0697. The highest BCUT2D eigenvalue weighted by Crippen LogP contribution is 2.28. The number of anilines is 1. The maximum atomic E-state index is 11.1. The Kier molecular flexibility index (Phi) is 4.20. The first-order valence-corrected chi connectivity index (χ1v) is 6.33. The summed E-state index contributed by atoms with van der Waals surface area (Å²) in [5, 5.41) is 12.3. The van der Waals surface area contributed by atoms with Crippen molar-refractivity contribution in [3.8, 4) is 0 Å². The third kappa shape index (κ3) is 3.47. The molecule has 2 N–H and O–H groups in total. The summed E-state index contributed by atoms with van der Waals surface area (Å²) in [6.07, 6.45) is 2.57. The van der Waals surface area contributed by atoms with Crippen LogP contribution in [0, 0.1) is 12.8 Å². The van der Waals surface area contributed by atoms with Gasteiger partial charge in [0.1, 0.15) is 0 Å². The monoisotopic (exact) mass is 249 g/mol. The molecule has 0 aromatic heterocycles. The molecule has 0 saturated heterocycles. The Morgan fingerprint density at radius 1 is 1.50 bits per heavy atom. The summed E-state index contributed by atoms with van der Waals surface area (Å²) >= 11 is 0. The molecule has 4 nitrogen and oxygen atoms in total. The fourth-order valence-corrected chi connectivity index (χ4v) is 1.86. The van der Waals surface area contributed by atoms with Gasteiger partial charge in [0.05, 0.1) is 17.9 Å². The molecule has 0 unspecified atom stereocenters. The van der Waals surface area contributed by atoms with E-state index in [1.54, 1.807) is 12.1 Å². The summed E-state index contributed by atoms with van der Waals surface area (Å²) in [6, 6.07) is 5.27.